The van der Waals surface area contributed by atoms with Gasteiger partial charge in [-0.15, -0.1) is 10.2 Å². The maximum Gasteiger partial charge on any atom is 0.195 e. The average molecular weight is 358 g/mol. The van der Waals surface area contributed by atoms with E-state index in [1.54, 1.807) is 28.8 Å². The minimum atomic E-state index is -0.287. The lowest BCUT2D eigenvalue weighted by molar-refractivity contribution is 0.343. The lowest BCUT2D eigenvalue weighted by Crippen LogP contribution is -2.01. The van der Waals surface area contributed by atoms with Crippen LogP contribution in [0.5, 0.6) is 5.75 Å². The number of halogens is 3. The molecular formula is C14H10Cl2FN3OS. The van der Waals surface area contributed by atoms with Crippen molar-refractivity contribution in [1.29, 1.82) is 0 Å². The van der Waals surface area contributed by atoms with Crippen LogP contribution in [0.2, 0.25) is 10.0 Å². The van der Waals surface area contributed by atoms with Gasteiger partial charge in [0.1, 0.15) is 11.6 Å². The molecule has 1 aromatic carbocycles. The summed E-state index contributed by atoms with van der Waals surface area (Å²) in [7, 11) is 0. The SMILES string of the molecule is Fc1ccc(OCCSc2nnc3c(Cl)cc(Cl)cn23)cc1. The summed E-state index contributed by atoms with van der Waals surface area (Å²) in [4.78, 5) is 0. The molecule has 0 fully saturated rings. The zero-order chi connectivity index (χ0) is 15.5. The van der Waals surface area contributed by atoms with Crippen LogP contribution in [-0.2, 0) is 0 Å². The number of benzene rings is 1. The number of hydrogen-bond donors (Lipinski definition) is 0. The highest BCUT2D eigenvalue weighted by Crippen LogP contribution is 2.25. The fraction of sp³-hybridized carbons (Fsp3) is 0.143. The van der Waals surface area contributed by atoms with E-state index in [1.165, 1.54) is 23.9 Å². The van der Waals surface area contributed by atoms with Crippen LogP contribution in [0.25, 0.3) is 5.65 Å². The largest absolute Gasteiger partial charge is 0.493 e. The van der Waals surface area contributed by atoms with Gasteiger partial charge in [-0.25, -0.2) is 4.39 Å². The van der Waals surface area contributed by atoms with Crippen molar-refractivity contribution in [3.05, 3.63) is 52.4 Å². The Morgan fingerprint density at radius 1 is 1.18 bits per heavy atom. The van der Waals surface area contributed by atoms with Crippen LogP contribution >= 0.6 is 35.0 Å². The molecule has 0 unspecified atom stereocenters. The van der Waals surface area contributed by atoms with Crippen LogP contribution in [0.1, 0.15) is 0 Å². The molecule has 0 amide bonds. The molecule has 2 aromatic heterocycles. The van der Waals surface area contributed by atoms with Crippen molar-refractivity contribution in [2.24, 2.45) is 0 Å². The van der Waals surface area contributed by atoms with Gasteiger partial charge in [0.15, 0.2) is 10.8 Å². The van der Waals surface area contributed by atoms with Crippen molar-refractivity contribution in [3.8, 4) is 5.75 Å². The van der Waals surface area contributed by atoms with E-state index in [1.807, 2.05) is 0 Å². The average Bonchev–Trinajstić information content (AvgIpc) is 2.89. The Morgan fingerprint density at radius 3 is 2.73 bits per heavy atom. The first-order valence-electron chi connectivity index (χ1n) is 6.34. The van der Waals surface area contributed by atoms with E-state index in [2.05, 4.69) is 10.2 Å². The molecule has 22 heavy (non-hydrogen) atoms. The molecular weight excluding hydrogens is 348 g/mol. The first-order chi connectivity index (χ1) is 10.6. The Balaban J connectivity index is 1.61. The van der Waals surface area contributed by atoms with Crippen LogP contribution in [0.15, 0.2) is 41.7 Å². The minimum absolute atomic E-state index is 0.287. The number of nitrogens with zero attached hydrogens (tertiary/aromatic N) is 3. The molecule has 0 N–H and O–H groups in total. The zero-order valence-corrected chi connectivity index (χ0v) is 13.5. The number of aromatic nitrogens is 3. The second-order valence-corrected chi connectivity index (χ2v) is 6.24. The first kappa shape index (κ1) is 15.4. The van der Waals surface area contributed by atoms with Gasteiger partial charge in [0.25, 0.3) is 0 Å². The quantitative estimate of drug-likeness (QED) is 0.502. The smallest absolute Gasteiger partial charge is 0.195 e. The van der Waals surface area contributed by atoms with Gasteiger partial charge in [0.2, 0.25) is 0 Å². The Morgan fingerprint density at radius 2 is 1.95 bits per heavy atom. The molecule has 3 rings (SSSR count). The van der Waals surface area contributed by atoms with E-state index in [-0.39, 0.29) is 5.82 Å². The fourth-order valence-electron chi connectivity index (χ4n) is 1.82. The van der Waals surface area contributed by atoms with Gasteiger partial charge in [-0.3, -0.25) is 4.40 Å². The number of thioether (sulfide) groups is 1. The Kier molecular flexibility index (Phi) is 4.71. The van der Waals surface area contributed by atoms with E-state index in [0.29, 0.717) is 39.0 Å². The van der Waals surface area contributed by atoms with Gasteiger partial charge in [0.05, 0.1) is 16.7 Å². The summed E-state index contributed by atoms with van der Waals surface area (Å²) in [6.07, 6.45) is 1.71. The minimum Gasteiger partial charge on any atom is -0.493 e. The predicted molar refractivity (Wildman–Crippen MR) is 85.6 cm³/mol. The Labute approximate surface area is 140 Å². The van der Waals surface area contributed by atoms with Crippen molar-refractivity contribution in [3.63, 3.8) is 0 Å². The summed E-state index contributed by atoms with van der Waals surface area (Å²) in [6.45, 7) is 0.458. The summed E-state index contributed by atoms with van der Waals surface area (Å²) in [5.74, 6) is 0.993. The molecule has 114 valence electrons. The lowest BCUT2D eigenvalue weighted by atomic mass is 10.3. The molecule has 0 atom stereocenters. The van der Waals surface area contributed by atoms with Crippen LogP contribution < -0.4 is 4.74 Å². The summed E-state index contributed by atoms with van der Waals surface area (Å²) < 4.78 is 20.0. The number of pyridine rings is 1. The maximum atomic E-state index is 12.8. The van der Waals surface area contributed by atoms with E-state index in [9.17, 15) is 4.39 Å². The van der Waals surface area contributed by atoms with E-state index in [0.717, 1.165) is 0 Å². The van der Waals surface area contributed by atoms with Crippen molar-refractivity contribution >= 4 is 40.6 Å². The van der Waals surface area contributed by atoms with Crippen LogP contribution in [0, 0.1) is 5.82 Å². The van der Waals surface area contributed by atoms with Crippen molar-refractivity contribution in [2.75, 3.05) is 12.4 Å². The summed E-state index contributed by atoms with van der Waals surface area (Å²) >= 11 is 13.5. The maximum absolute atomic E-state index is 12.8. The molecule has 2 heterocycles. The molecule has 0 saturated heterocycles. The Hall–Kier alpha value is -1.50. The Bertz CT molecular complexity index is 795. The van der Waals surface area contributed by atoms with Gasteiger partial charge >= 0.3 is 0 Å². The number of fused-ring (bicyclic) bond motifs is 1. The lowest BCUT2D eigenvalue weighted by Gasteiger charge is -2.05. The molecule has 0 bridgehead atoms. The van der Waals surface area contributed by atoms with Crippen LogP contribution in [0.3, 0.4) is 0 Å². The van der Waals surface area contributed by atoms with E-state index >= 15 is 0 Å². The van der Waals surface area contributed by atoms with Gasteiger partial charge in [-0.2, -0.15) is 0 Å². The second kappa shape index (κ2) is 6.73. The molecule has 3 aromatic rings. The number of hydrogen-bond acceptors (Lipinski definition) is 4. The first-order valence-corrected chi connectivity index (χ1v) is 8.08. The van der Waals surface area contributed by atoms with E-state index in [4.69, 9.17) is 27.9 Å². The molecule has 0 saturated carbocycles. The molecule has 8 heteroatoms. The summed E-state index contributed by atoms with van der Waals surface area (Å²) in [5.41, 5.74) is 0.563. The van der Waals surface area contributed by atoms with Gasteiger partial charge < -0.3 is 4.74 Å². The van der Waals surface area contributed by atoms with Crippen LogP contribution in [0.4, 0.5) is 4.39 Å². The second-order valence-electron chi connectivity index (χ2n) is 4.33. The third-order valence-corrected chi connectivity index (χ3v) is 4.18. The highest BCUT2D eigenvalue weighted by atomic mass is 35.5. The highest BCUT2D eigenvalue weighted by Gasteiger charge is 2.10. The fourth-order valence-corrected chi connectivity index (χ4v) is 3.06. The van der Waals surface area contributed by atoms with Crippen molar-refractivity contribution in [1.82, 2.24) is 14.6 Å². The monoisotopic (exact) mass is 357 g/mol. The normalized spacial score (nSPS) is 11.0. The van der Waals surface area contributed by atoms with Gasteiger partial charge in [0, 0.05) is 11.9 Å². The van der Waals surface area contributed by atoms with Gasteiger partial charge in [-0.1, -0.05) is 35.0 Å². The van der Waals surface area contributed by atoms with Gasteiger partial charge in [-0.05, 0) is 30.3 Å². The van der Waals surface area contributed by atoms with Crippen molar-refractivity contribution < 1.29 is 9.13 Å². The topological polar surface area (TPSA) is 39.4 Å². The van der Waals surface area contributed by atoms with E-state index < -0.39 is 0 Å². The third kappa shape index (κ3) is 3.45. The summed E-state index contributed by atoms with van der Waals surface area (Å²) in [5, 5.41) is 9.76. The molecule has 0 spiro atoms. The van der Waals surface area contributed by atoms with Crippen LogP contribution in [-0.4, -0.2) is 27.0 Å². The molecule has 4 nitrogen and oxygen atoms in total. The molecule has 0 aliphatic carbocycles. The molecule has 0 radical (unpaired) electrons. The molecule has 0 aliphatic heterocycles. The summed E-state index contributed by atoms with van der Waals surface area (Å²) in [6, 6.07) is 7.52. The number of rotatable bonds is 5. The third-order valence-electron chi connectivity index (χ3n) is 2.79. The zero-order valence-electron chi connectivity index (χ0n) is 11.2. The molecule has 0 aliphatic rings. The highest BCUT2D eigenvalue weighted by molar-refractivity contribution is 7.99. The predicted octanol–water partition coefficient (Wildman–Crippen LogP) is 4.35. The standard InChI is InChI=1S/C14H10Cl2FN3OS/c15-9-7-12(16)13-18-19-14(20(13)8-9)22-6-5-21-11-3-1-10(17)2-4-11/h1-4,7-8H,5-6H2. The number of ether oxygens (including phenoxy) is 1. The van der Waals surface area contributed by atoms with Crippen molar-refractivity contribution in [2.45, 2.75) is 5.16 Å².